The molecule has 0 spiro atoms. The van der Waals surface area contributed by atoms with Crippen LogP contribution >= 0.6 is 15.6 Å². The Labute approximate surface area is 676 Å². The van der Waals surface area contributed by atoms with Crippen LogP contribution in [0.15, 0.2) is 243 Å². The first kappa shape index (κ1) is 105. The molecule has 112 heavy (non-hydrogen) atoms. The maximum atomic E-state index is 13.1. The maximum Gasteiger partial charge on any atom is 0.472 e. The number of carbonyl (C=O) groups is 4. The monoisotopic (exact) mass is 1590 g/mol. The van der Waals surface area contributed by atoms with Gasteiger partial charge in [0.25, 0.3) is 0 Å². The van der Waals surface area contributed by atoms with E-state index >= 15 is 0 Å². The summed E-state index contributed by atoms with van der Waals surface area (Å²) >= 11 is 0. The summed E-state index contributed by atoms with van der Waals surface area (Å²) in [6, 6.07) is 0. The van der Waals surface area contributed by atoms with Crippen LogP contribution in [-0.2, 0) is 65.4 Å². The van der Waals surface area contributed by atoms with Crippen molar-refractivity contribution in [3.05, 3.63) is 243 Å². The van der Waals surface area contributed by atoms with E-state index in [0.717, 1.165) is 173 Å². The van der Waals surface area contributed by atoms with Gasteiger partial charge in [-0.05, 0) is 173 Å². The predicted octanol–water partition coefficient (Wildman–Crippen LogP) is 24.8. The van der Waals surface area contributed by atoms with Gasteiger partial charge in [0, 0.05) is 19.3 Å². The molecule has 0 aromatic rings. The summed E-state index contributed by atoms with van der Waals surface area (Å²) < 4.78 is 68.5. The predicted molar refractivity (Wildman–Crippen MR) is 463 cm³/mol. The van der Waals surface area contributed by atoms with E-state index in [1.165, 1.54) is 0 Å². The van der Waals surface area contributed by atoms with Crippen LogP contribution in [0.1, 0.15) is 259 Å². The molecule has 0 aromatic carbocycles. The van der Waals surface area contributed by atoms with Crippen LogP contribution in [0, 0.1) is 0 Å². The van der Waals surface area contributed by atoms with Crippen molar-refractivity contribution in [2.75, 3.05) is 39.6 Å². The van der Waals surface area contributed by atoms with E-state index in [9.17, 15) is 43.2 Å². The molecular weight excluding hydrogens is 1450 g/mol. The second-order valence-electron chi connectivity index (χ2n) is 26.2. The van der Waals surface area contributed by atoms with Crippen LogP contribution in [0.5, 0.6) is 0 Å². The van der Waals surface area contributed by atoms with Crippen LogP contribution in [0.2, 0.25) is 0 Å². The normalized spacial score (nSPS) is 15.0. The molecule has 0 aliphatic rings. The summed E-state index contributed by atoms with van der Waals surface area (Å²) in [6.45, 7) is 4.12. The molecule has 5 unspecified atom stereocenters. The number of aliphatic hydroxyl groups excluding tert-OH is 1. The smallest absolute Gasteiger partial charge is 0.462 e. The molecule has 0 aliphatic heterocycles. The first-order chi connectivity index (χ1) is 54.7. The Morgan fingerprint density at radius 2 is 0.491 bits per heavy atom. The summed E-state index contributed by atoms with van der Waals surface area (Å²) in [6.07, 6.45) is 107. The van der Waals surface area contributed by atoms with Gasteiger partial charge in [0.15, 0.2) is 12.2 Å². The van der Waals surface area contributed by atoms with E-state index in [4.69, 9.17) is 37.0 Å². The highest BCUT2D eigenvalue weighted by Crippen LogP contribution is 2.45. The number of carbonyl (C=O) groups excluding carboxylic acids is 4. The number of allylic oxidation sites excluding steroid dienone is 39. The number of ether oxygens (including phenoxy) is 4. The molecule has 0 aromatic heterocycles. The van der Waals surface area contributed by atoms with Crippen molar-refractivity contribution >= 4 is 39.5 Å². The first-order valence-electron chi connectivity index (χ1n) is 41.3. The molecule has 0 fully saturated rings. The molecule has 0 radical (unpaired) electrons. The number of aliphatic hydroxyl groups is 1. The van der Waals surface area contributed by atoms with E-state index in [0.29, 0.717) is 32.1 Å². The van der Waals surface area contributed by atoms with Crippen LogP contribution in [0.3, 0.4) is 0 Å². The number of phosphoric acid groups is 2. The van der Waals surface area contributed by atoms with Gasteiger partial charge in [-0.2, -0.15) is 0 Å². The lowest BCUT2D eigenvalue weighted by atomic mass is 10.1. The van der Waals surface area contributed by atoms with Crippen molar-refractivity contribution in [3.8, 4) is 0 Å². The van der Waals surface area contributed by atoms with Crippen LogP contribution in [-0.4, -0.2) is 96.7 Å². The van der Waals surface area contributed by atoms with Gasteiger partial charge in [-0.15, -0.1) is 0 Å². The lowest BCUT2D eigenvalue weighted by Crippen LogP contribution is -2.30. The van der Waals surface area contributed by atoms with E-state index in [-0.39, 0.29) is 25.7 Å². The number of hydrogen-bond donors (Lipinski definition) is 3. The third kappa shape index (κ3) is 80.9. The molecule has 0 aliphatic carbocycles. The summed E-state index contributed by atoms with van der Waals surface area (Å²) in [5, 5.41) is 10.7. The van der Waals surface area contributed by atoms with Crippen molar-refractivity contribution in [3.63, 3.8) is 0 Å². The fraction of sp³-hybridized carbons (Fsp3) is 0.527. The minimum absolute atomic E-state index is 0.0189. The van der Waals surface area contributed by atoms with Gasteiger partial charge in [0.05, 0.1) is 32.8 Å². The summed E-state index contributed by atoms with van der Waals surface area (Å²) in [7, 11) is -10.1. The second kappa shape index (κ2) is 81.9. The minimum atomic E-state index is -5.03. The third-order valence-corrected chi connectivity index (χ3v) is 17.7. The largest absolute Gasteiger partial charge is 0.472 e. The maximum absolute atomic E-state index is 13.1. The van der Waals surface area contributed by atoms with Crippen LogP contribution < -0.4 is 0 Å². The van der Waals surface area contributed by atoms with Crippen molar-refractivity contribution in [1.29, 1.82) is 0 Å². The Morgan fingerprint density at radius 3 is 0.812 bits per heavy atom. The molecule has 0 heterocycles. The number of unbranched alkanes of at least 4 members (excludes halogenated alkanes) is 9. The SMILES string of the molecule is CC/C=C\C/C=C\C/C=C\C/C=C\C/C=C\C/C=C\CCC(=O)OCC(COP(=O)(O)OCC(O)COP(=O)(O)OCC(COC(=O)CCCCC/C=C\C/C=C\C/C=C\C/C=C\C/C=C\CC)OC(=O)C/C=C\C/C=C\C/C=C\C/C=C\C/C=C\CC)OC(=O)CCCCCCCC/C=C\C/C=C\C/C=C\C/C=C\CC. The lowest BCUT2D eigenvalue weighted by molar-refractivity contribution is -0.161. The topological polar surface area (TPSA) is 237 Å². The molecule has 5 atom stereocenters. The molecule has 0 amide bonds. The zero-order valence-corrected chi connectivity index (χ0v) is 70.3. The highest BCUT2D eigenvalue weighted by molar-refractivity contribution is 7.47. The third-order valence-electron chi connectivity index (χ3n) is 15.8. The van der Waals surface area contributed by atoms with E-state index in [1.54, 1.807) is 12.2 Å². The fourth-order valence-electron chi connectivity index (χ4n) is 9.75. The van der Waals surface area contributed by atoms with Crippen LogP contribution in [0.4, 0.5) is 0 Å². The Balaban J connectivity index is 5.59. The van der Waals surface area contributed by atoms with Gasteiger partial charge in [-0.25, -0.2) is 9.13 Å². The number of esters is 4. The molecule has 19 heteroatoms. The number of phosphoric ester groups is 2. The Hall–Kier alpha value is -7.14. The van der Waals surface area contributed by atoms with Crippen molar-refractivity contribution < 1.29 is 80.2 Å². The molecule has 626 valence electrons. The molecule has 0 saturated carbocycles. The molecule has 17 nitrogen and oxygen atoms in total. The van der Waals surface area contributed by atoms with Crippen molar-refractivity contribution in [2.24, 2.45) is 0 Å². The lowest BCUT2D eigenvalue weighted by Gasteiger charge is -2.21. The molecule has 0 rings (SSSR count). The fourth-order valence-corrected chi connectivity index (χ4v) is 11.3. The number of rotatable bonds is 74. The molecule has 3 N–H and O–H groups in total. The van der Waals surface area contributed by atoms with Gasteiger partial charge in [0.1, 0.15) is 19.3 Å². The standard InChI is InChI=1S/C93H142O17P2/c1-5-9-13-17-21-25-29-33-37-40-43-46-50-53-57-61-65-69-73-77-90(95)103-83-88(109-92(97)79-75-71-67-63-59-55-49-36-32-28-24-20-16-12-8-4)85-107-111(99,100)105-81-87(94)82-106-112(101,102)108-86-89(110-93(98)80-76-72-68-64-60-56-52-48-45-42-39-35-31-27-23-19-15-11-7-3)84-104-91(96)78-74-70-66-62-58-54-51-47-44-41-38-34-30-26-22-18-14-10-6-2/h9-16,21-28,33-39,43-49,53-54,57-59,63,66,70-71,75,87-89,94H,5-8,17-20,29-32,40-42,50-52,55-56,60-62,64-65,67-69,72-74,76-86H2,1-4H3,(H,99,100)(H,101,102)/b13-9-,14-10-,15-11-,16-12-,25-21-,26-22-,27-23-,28-24-,37-33-,38-34-,39-35-,46-43-,47-44-,48-45-,49-36-,57-53-,58-54-,63-59-,70-66-,75-71-. The Bertz CT molecular complexity index is 3090. The average molecular weight is 1590 g/mol. The highest BCUT2D eigenvalue weighted by Gasteiger charge is 2.30. The average Bonchev–Trinajstić information content (AvgIpc) is 0.898. The van der Waals surface area contributed by atoms with E-state index in [2.05, 4.69) is 228 Å². The Kier molecular flexibility index (Phi) is 76.6. The summed E-state index contributed by atoms with van der Waals surface area (Å²) in [5.41, 5.74) is 0. The van der Waals surface area contributed by atoms with E-state index < -0.39 is 97.5 Å². The van der Waals surface area contributed by atoms with Gasteiger partial charge < -0.3 is 33.8 Å². The van der Waals surface area contributed by atoms with Gasteiger partial charge >= 0.3 is 39.5 Å². The highest BCUT2D eigenvalue weighted by atomic mass is 31.2. The van der Waals surface area contributed by atoms with Gasteiger partial charge in [0.2, 0.25) is 0 Å². The van der Waals surface area contributed by atoms with E-state index in [1.807, 2.05) is 30.4 Å². The van der Waals surface area contributed by atoms with Gasteiger partial charge in [-0.1, -0.05) is 303 Å². The van der Waals surface area contributed by atoms with Crippen molar-refractivity contribution in [2.45, 2.75) is 277 Å². The minimum Gasteiger partial charge on any atom is -0.462 e. The zero-order valence-electron chi connectivity index (χ0n) is 68.5. The molecular formula is C93H142O17P2. The molecule has 0 saturated heterocycles. The van der Waals surface area contributed by atoms with Crippen LogP contribution in [0.25, 0.3) is 0 Å². The quantitative estimate of drug-likeness (QED) is 0.0169. The summed E-state index contributed by atoms with van der Waals surface area (Å²) in [4.78, 5) is 73.1. The first-order valence-corrected chi connectivity index (χ1v) is 44.3. The summed E-state index contributed by atoms with van der Waals surface area (Å²) in [5.74, 6) is -2.51. The zero-order chi connectivity index (χ0) is 81.7. The van der Waals surface area contributed by atoms with Crippen molar-refractivity contribution in [1.82, 2.24) is 0 Å². The molecule has 0 bridgehead atoms. The number of hydrogen-bond acceptors (Lipinski definition) is 15. The second-order valence-corrected chi connectivity index (χ2v) is 29.1. The Morgan fingerprint density at radius 1 is 0.259 bits per heavy atom. The van der Waals surface area contributed by atoms with Gasteiger partial charge in [-0.3, -0.25) is 37.3 Å².